The van der Waals surface area contributed by atoms with Gasteiger partial charge < -0.3 is 9.47 Å². The molecule has 0 radical (unpaired) electrons. The third-order valence-electron chi connectivity index (χ3n) is 3.67. The zero-order chi connectivity index (χ0) is 12.0. The fourth-order valence-corrected chi connectivity index (χ4v) is 2.71. The van der Waals surface area contributed by atoms with Gasteiger partial charge in [0, 0.05) is 13.0 Å². The van der Waals surface area contributed by atoms with Gasteiger partial charge in [-0.1, -0.05) is 6.07 Å². The molecular formula is C13H15NO3. The van der Waals surface area contributed by atoms with E-state index < -0.39 is 5.60 Å². The van der Waals surface area contributed by atoms with Crippen LogP contribution in [0.4, 0.5) is 0 Å². The normalized spacial score (nSPS) is 30.5. The van der Waals surface area contributed by atoms with Crippen LogP contribution in [0.5, 0.6) is 5.75 Å². The average Bonchev–Trinajstić information content (AvgIpc) is 2.87. The molecule has 2 heterocycles. The predicted molar refractivity (Wildman–Crippen MR) is 61.9 cm³/mol. The molecule has 90 valence electrons. The van der Waals surface area contributed by atoms with Crippen molar-refractivity contribution in [2.45, 2.75) is 25.0 Å². The highest BCUT2D eigenvalue weighted by Crippen LogP contribution is 2.41. The van der Waals surface area contributed by atoms with E-state index in [0.29, 0.717) is 6.54 Å². The Hall–Kier alpha value is -1.55. The number of nitrogens with one attached hydrogen (secondary N) is 1. The first kappa shape index (κ1) is 10.6. The number of morpholine rings is 1. The molecule has 1 aromatic rings. The number of hydrogen-bond donors (Lipinski definition) is 1. The van der Waals surface area contributed by atoms with Gasteiger partial charge >= 0.3 is 5.97 Å². The maximum Gasteiger partial charge on any atom is 0.324 e. The topological polar surface area (TPSA) is 47.6 Å². The lowest BCUT2D eigenvalue weighted by molar-refractivity contribution is -0.153. The zero-order valence-corrected chi connectivity index (χ0v) is 9.95. The first-order valence-corrected chi connectivity index (χ1v) is 5.76. The maximum absolute atomic E-state index is 11.5. The van der Waals surface area contributed by atoms with Gasteiger partial charge in [0.2, 0.25) is 0 Å². The van der Waals surface area contributed by atoms with Gasteiger partial charge in [0.1, 0.15) is 11.8 Å². The van der Waals surface area contributed by atoms with Crippen LogP contribution in [0.3, 0.4) is 0 Å². The molecule has 2 saturated heterocycles. The Morgan fingerprint density at radius 1 is 1.53 bits per heavy atom. The van der Waals surface area contributed by atoms with Gasteiger partial charge in [-0.05, 0) is 30.2 Å². The maximum atomic E-state index is 11.5. The van der Waals surface area contributed by atoms with Gasteiger partial charge in [-0.15, -0.1) is 0 Å². The summed E-state index contributed by atoms with van der Waals surface area (Å²) in [6.45, 7) is 2.70. The Morgan fingerprint density at radius 3 is 2.88 bits per heavy atom. The molecule has 2 aliphatic heterocycles. The smallest absolute Gasteiger partial charge is 0.324 e. The number of benzene rings is 1. The molecule has 0 aromatic heterocycles. The first-order chi connectivity index (χ1) is 8.14. The van der Waals surface area contributed by atoms with Crippen molar-refractivity contribution in [2.75, 3.05) is 13.7 Å². The monoisotopic (exact) mass is 233 g/mol. The second-order valence-corrected chi connectivity index (χ2v) is 4.74. The molecule has 3 rings (SSSR count). The molecule has 4 nitrogen and oxygen atoms in total. The SMILES string of the molecule is COc1ccc(C23CNC(C2)C(=O)O3)cc1C. The van der Waals surface area contributed by atoms with E-state index in [2.05, 4.69) is 5.32 Å². The molecule has 1 N–H and O–H groups in total. The highest BCUT2D eigenvalue weighted by Gasteiger charge is 2.53. The Labute approximate surface area is 99.9 Å². The summed E-state index contributed by atoms with van der Waals surface area (Å²) in [4.78, 5) is 11.5. The molecule has 0 aliphatic carbocycles. The molecule has 2 aliphatic rings. The second kappa shape index (κ2) is 3.47. The molecule has 17 heavy (non-hydrogen) atoms. The number of aryl methyl sites for hydroxylation is 1. The third-order valence-corrected chi connectivity index (χ3v) is 3.67. The fraction of sp³-hybridized carbons (Fsp3) is 0.462. The van der Waals surface area contributed by atoms with E-state index in [-0.39, 0.29) is 12.0 Å². The number of methoxy groups -OCH3 is 1. The first-order valence-electron chi connectivity index (χ1n) is 5.76. The van der Waals surface area contributed by atoms with Crippen molar-refractivity contribution < 1.29 is 14.3 Å². The summed E-state index contributed by atoms with van der Waals surface area (Å²) in [7, 11) is 1.66. The molecule has 4 heteroatoms. The van der Waals surface area contributed by atoms with Crippen molar-refractivity contribution in [3.63, 3.8) is 0 Å². The molecule has 2 bridgehead atoms. The fourth-order valence-electron chi connectivity index (χ4n) is 2.71. The summed E-state index contributed by atoms with van der Waals surface area (Å²) >= 11 is 0. The van der Waals surface area contributed by atoms with Gasteiger partial charge in [-0.25, -0.2) is 0 Å². The van der Waals surface area contributed by atoms with Gasteiger partial charge in [0.25, 0.3) is 0 Å². The van der Waals surface area contributed by atoms with Crippen molar-refractivity contribution in [1.29, 1.82) is 0 Å². The number of rotatable bonds is 2. The summed E-state index contributed by atoms with van der Waals surface area (Å²) in [5.41, 5.74) is 1.65. The van der Waals surface area contributed by atoms with Crippen LogP contribution in [0.1, 0.15) is 17.5 Å². The Bertz CT molecular complexity index is 486. The van der Waals surface area contributed by atoms with Gasteiger partial charge in [-0.2, -0.15) is 0 Å². The van der Waals surface area contributed by atoms with E-state index in [1.165, 1.54) is 0 Å². The van der Waals surface area contributed by atoms with E-state index in [1.807, 2.05) is 25.1 Å². The van der Waals surface area contributed by atoms with Crippen molar-refractivity contribution in [3.8, 4) is 5.75 Å². The van der Waals surface area contributed by atoms with Crippen molar-refractivity contribution >= 4 is 5.97 Å². The van der Waals surface area contributed by atoms with E-state index >= 15 is 0 Å². The molecule has 2 atom stereocenters. The molecule has 0 amide bonds. The van der Waals surface area contributed by atoms with Crippen LogP contribution in [-0.4, -0.2) is 25.7 Å². The Morgan fingerprint density at radius 2 is 2.35 bits per heavy atom. The number of carbonyl (C=O) groups is 1. The van der Waals surface area contributed by atoms with E-state index in [9.17, 15) is 4.79 Å². The Balaban J connectivity index is 2.00. The van der Waals surface area contributed by atoms with Crippen LogP contribution < -0.4 is 10.1 Å². The highest BCUT2D eigenvalue weighted by atomic mass is 16.6. The van der Waals surface area contributed by atoms with E-state index in [4.69, 9.17) is 9.47 Å². The number of carbonyl (C=O) groups excluding carboxylic acids is 1. The summed E-state index contributed by atoms with van der Waals surface area (Å²) < 4.78 is 10.8. The largest absolute Gasteiger partial charge is 0.496 e. The van der Waals surface area contributed by atoms with Crippen molar-refractivity contribution in [1.82, 2.24) is 5.32 Å². The van der Waals surface area contributed by atoms with Gasteiger partial charge in [0.05, 0.1) is 7.11 Å². The van der Waals surface area contributed by atoms with Crippen LogP contribution in [-0.2, 0) is 15.1 Å². The predicted octanol–water partition coefficient (Wildman–Crippen LogP) is 1.12. The lowest BCUT2D eigenvalue weighted by atomic mass is 9.91. The van der Waals surface area contributed by atoms with Gasteiger partial charge in [-0.3, -0.25) is 10.1 Å². The lowest BCUT2D eigenvalue weighted by Gasteiger charge is -2.27. The quantitative estimate of drug-likeness (QED) is 0.778. The summed E-state index contributed by atoms with van der Waals surface area (Å²) in [6.07, 6.45) is 0.734. The molecule has 0 spiro atoms. The van der Waals surface area contributed by atoms with Gasteiger partial charge in [0.15, 0.2) is 5.60 Å². The second-order valence-electron chi connectivity index (χ2n) is 4.74. The minimum Gasteiger partial charge on any atom is -0.496 e. The van der Waals surface area contributed by atoms with Crippen LogP contribution >= 0.6 is 0 Å². The van der Waals surface area contributed by atoms with Crippen molar-refractivity contribution in [2.24, 2.45) is 0 Å². The summed E-state index contributed by atoms with van der Waals surface area (Å²) in [5, 5.41) is 3.19. The van der Waals surface area contributed by atoms with E-state index in [1.54, 1.807) is 7.11 Å². The minimum atomic E-state index is -0.460. The third kappa shape index (κ3) is 1.44. The summed E-state index contributed by atoms with van der Waals surface area (Å²) in [6, 6.07) is 5.83. The highest BCUT2D eigenvalue weighted by molar-refractivity contribution is 5.80. The molecule has 2 unspecified atom stereocenters. The number of hydrogen-bond acceptors (Lipinski definition) is 4. The molecule has 2 fully saturated rings. The van der Waals surface area contributed by atoms with Crippen LogP contribution in [0.2, 0.25) is 0 Å². The number of esters is 1. The average molecular weight is 233 g/mol. The van der Waals surface area contributed by atoms with E-state index in [0.717, 1.165) is 23.3 Å². The number of fused-ring (bicyclic) bond motifs is 2. The lowest BCUT2D eigenvalue weighted by Crippen LogP contribution is -2.40. The Kier molecular flexibility index (Phi) is 2.16. The molecule has 1 aromatic carbocycles. The molecular weight excluding hydrogens is 218 g/mol. The van der Waals surface area contributed by atoms with Crippen LogP contribution in [0.15, 0.2) is 18.2 Å². The number of ether oxygens (including phenoxy) is 2. The minimum absolute atomic E-state index is 0.127. The van der Waals surface area contributed by atoms with Crippen LogP contribution in [0.25, 0.3) is 0 Å². The zero-order valence-electron chi connectivity index (χ0n) is 9.95. The van der Waals surface area contributed by atoms with Crippen LogP contribution in [0, 0.1) is 6.92 Å². The van der Waals surface area contributed by atoms with Crippen molar-refractivity contribution in [3.05, 3.63) is 29.3 Å². The molecule has 0 saturated carbocycles. The standard InChI is InChI=1S/C13H15NO3/c1-8-5-9(3-4-11(8)16-2)13-6-10(14-7-13)12(15)17-13/h3-5,10,14H,6-7H2,1-2H3. The summed E-state index contributed by atoms with van der Waals surface area (Å²) in [5.74, 6) is 0.724.